The average Bonchev–Trinajstić information content (AvgIpc) is 2.04. The first-order chi connectivity index (χ1) is 5.36. The van der Waals surface area contributed by atoms with Crippen molar-refractivity contribution < 1.29 is 4.57 Å². The zero-order chi connectivity index (χ0) is 7.68. The molecule has 1 aromatic carbocycles. The van der Waals surface area contributed by atoms with Crippen LogP contribution in [0.5, 0.6) is 0 Å². The first-order valence-electron chi connectivity index (χ1n) is 3.57. The molecule has 2 aromatic rings. The normalized spacial score (nSPS) is 9.33. The maximum atomic E-state index is 3.79. The number of nitrogens with zero attached hydrogens (tertiary/aromatic N) is 1. The maximum Gasteiger partial charge on any atom is 0.0768 e. The quantitative estimate of drug-likeness (QED) is 0.465. The Kier molecular flexibility index (Phi) is 1.66. The Balaban J connectivity index is 0.000000720. The van der Waals surface area contributed by atoms with Crippen LogP contribution in [0, 0.1) is 7.05 Å². The van der Waals surface area contributed by atoms with E-state index < -0.39 is 0 Å². The Hall–Kier alpha value is -2.50. The van der Waals surface area contributed by atoms with Crippen molar-refractivity contribution in [1.82, 2.24) is 0 Å². The summed E-state index contributed by atoms with van der Waals surface area (Å²) in [6, 6.07) is 10.3. The van der Waals surface area contributed by atoms with Crippen LogP contribution in [0.25, 0.3) is 10.8 Å². The van der Waals surface area contributed by atoms with E-state index in [1.54, 1.807) is 0 Å². The average molecular weight is 405 g/mol. The maximum absolute atomic E-state index is 3.79. The SMILES string of the molecule is [CH2-][n+]1ccc2ccccc2c1.[Lr]. The van der Waals surface area contributed by atoms with E-state index in [2.05, 4.69) is 25.2 Å². The third kappa shape index (κ3) is 1.03. The van der Waals surface area contributed by atoms with Crippen molar-refractivity contribution in [3.05, 3.63) is 49.8 Å². The Bertz CT molecular complexity index is 384. The molecule has 0 saturated heterocycles. The second-order valence-corrected chi connectivity index (χ2v) is 2.59. The van der Waals surface area contributed by atoms with Crippen molar-refractivity contribution >= 4 is 10.8 Å². The summed E-state index contributed by atoms with van der Waals surface area (Å²) in [4.78, 5) is 0. The minimum atomic E-state index is 0. The van der Waals surface area contributed by atoms with E-state index in [0.29, 0.717) is 0 Å². The van der Waals surface area contributed by atoms with Crippen LogP contribution in [0.2, 0.25) is 0 Å². The molecule has 0 aliphatic heterocycles. The van der Waals surface area contributed by atoms with Gasteiger partial charge >= 0.3 is 0 Å². The molecule has 2 heteroatoms. The fourth-order valence-electron chi connectivity index (χ4n) is 1.18. The van der Waals surface area contributed by atoms with Gasteiger partial charge < -0.3 is 4.57 Å². The minimum absolute atomic E-state index is 0. The van der Waals surface area contributed by atoms with E-state index in [0.717, 1.165) is 0 Å². The summed E-state index contributed by atoms with van der Waals surface area (Å²) >= 11 is 0. The molecular weight excluding hydrogens is 396 g/mol. The summed E-state index contributed by atoms with van der Waals surface area (Å²) in [6.07, 6.45) is 3.96. The fraction of sp³-hybridized carbons (Fsp3) is 0. The Morgan fingerprint density at radius 2 is 1.67 bits per heavy atom. The minimum Gasteiger partial charge on any atom is -0.339 e. The molecule has 0 aliphatic rings. The van der Waals surface area contributed by atoms with Crippen LogP contribution in [-0.4, -0.2) is 0 Å². The van der Waals surface area contributed by atoms with Crippen LogP contribution in [0.4, 0.5) is 0 Å². The van der Waals surface area contributed by atoms with Gasteiger partial charge in [0.05, 0.1) is 12.4 Å². The molecule has 0 amide bonds. The molecule has 0 saturated carbocycles. The van der Waals surface area contributed by atoms with Gasteiger partial charge in [-0.05, 0) is 16.8 Å². The predicted molar refractivity (Wildman–Crippen MR) is 44.9 cm³/mol. The van der Waals surface area contributed by atoms with Gasteiger partial charge in [-0.3, -0.25) is 0 Å². The molecule has 1 heterocycles. The Morgan fingerprint density at radius 3 is 2.42 bits per heavy atom. The van der Waals surface area contributed by atoms with Gasteiger partial charge in [-0.2, -0.15) is 0 Å². The predicted octanol–water partition coefficient (Wildman–Crippen LogP) is 1.77. The molecule has 0 N–H and O–H groups in total. The molecular formula is C10H9LrN. The molecule has 0 atom stereocenters. The van der Waals surface area contributed by atoms with Gasteiger partial charge in [0.2, 0.25) is 0 Å². The molecule has 0 spiro atoms. The first-order valence-corrected chi connectivity index (χ1v) is 3.57. The monoisotopic (exact) mass is 405 g/mol. The summed E-state index contributed by atoms with van der Waals surface area (Å²) in [7, 11) is 3.79. The number of pyridine rings is 1. The van der Waals surface area contributed by atoms with Crippen LogP contribution in [0.3, 0.4) is 0 Å². The van der Waals surface area contributed by atoms with E-state index in [4.69, 9.17) is 0 Å². The molecule has 0 aliphatic carbocycles. The zero-order valence-corrected chi connectivity index (χ0v) is 8.60. The van der Waals surface area contributed by atoms with Crippen LogP contribution in [0.1, 0.15) is 0 Å². The number of rotatable bonds is 0. The number of aromatic nitrogens is 1. The largest absolute Gasteiger partial charge is 0.339 e. The molecule has 69 valence electrons. The van der Waals surface area contributed by atoms with Crippen molar-refractivity contribution in [3.63, 3.8) is 0 Å². The van der Waals surface area contributed by atoms with Crippen molar-refractivity contribution in [2.45, 2.75) is 0 Å². The van der Waals surface area contributed by atoms with Gasteiger partial charge in [-0.15, -0.1) is 0 Å². The van der Waals surface area contributed by atoms with Crippen LogP contribution in [0.15, 0.2) is 42.7 Å². The second kappa shape index (κ2) is 2.62. The van der Waals surface area contributed by atoms with Crippen molar-refractivity contribution in [2.75, 3.05) is 0 Å². The Labute approximate surface area is 65.9 Å². The van der Waals surface area contributed by atoms with Crippen molar-refractivity contribution in [1.29, 1.82) is 0 Å². The molecule has 1 radical (unpaired) electrons. The molecule has 12 heavy (non-hydrogen) atoms. The molecule has 0 bridgehead atoms. The molecule has 1 aromatic heterocycles. The summed E-state index contributed by atoms with van der Waals surface area (Å²) in [6.45, 7) is 0. The smallest absolute Gasteiger partial charge is 0.0768 e. The number of hydrogen-bond donors (Lipinski definition) is 0. The van der Waals surface area contributed by atoms with Gasteiger partial charge in [0.1, 0.15) is 0 Å². The summed E-state index contributed by atoms with van der Waals surface area (Å²) in [5.41, 5.74) is 0. The van der Waals surface area contributed by atoms with Crippen molar-refractivity contribution in [3.8, 4) is 0 Å². The summed E-state index contributed by atoms with van der Waals surface area (Å²) in [5.74, 6) is 0. The number of benzene rings is 1. The summed E-state index contributed by atoms with van der Waals surface area (Å²) < 4.78 is 1.81. The number of fused-ring (bicyclic) bond motifs is 1. The molecule has 0 unspecified atom stereocenters. The zero-order valence-electron chi connectivity index (χ0n) is 6.45. The van der Waals surface area contributed by atoms with E-state index in [1.807, 2.05) is 29.1 Å². The van der Waals surface area contributed by atoms with E-state index in [1.165, 1.54) is 10.8 Å². The van der Waals surface area contributed by atoms with Crippen LogP contribution in [-0.2, 0) is 0 Å². The van der Waals surface area contributed by atoms with Gasteiger partial charge in [0.15, 0.2) is 0 Å². The van der Waals surface area contributed by atoms with E-state index in [9.17, 15) is 0 Å². The van der Waals surface area contributed by atoms with Gasteiger partial charge in [0, 0.05) is 7.05 Å². The van der Waals surface area contributed by atoms with Crippen LogP contribution < -0.4 is 4.57 Å². The Morgan fingerprint density at radius 1 is 1.00 bits per heavy atom. The van der Waals surface area contributed by atoms with Crippen molar-refractivity contribution in [2.24, 2.45) is 0 Å². The number of hydrogen-bond acceptors (Lipinski definition) is 0. The summed E-state index contributed by atoms with van der Waals surface area (Å²) in [5, 5.41) is 2.48. The third-order valence-corrected chi connectivity index (χ3v) is 1.75. The van der Waals surface area contributed by atoms with Crippen LogP contribution >= 0.6 is 0 Å². The topological polar surface area (TPSA) is 3.88 Å². The van der Waals surface area contributed by atoms with E-state index in [-0.39, 0.29) is 0 Å². The van der Waals surface area contributed by atoms with Gasteiger partial charge in [0.25, 0.3) is 0 Å². The fourth-order valence-corrected chi connectivity index (χ4v) is 1.18. The van der Waals surface area contributed by atoms with Gasteiger partial charge in [-0.1, -0.05) is 24.3 Å². The molecule has 2 rings (SSSR count). The van der Waals surface area contributed by atoms with Gasteiger partial charge in [-0.25, -0.2) is 0 Å². The second-order valence-electron chi connectivity index (χ2n) is 2.59. The third-order valence-electron chi connectivity index (χ3n) is 1.75. The first kappa shape index (κ1) is 7.61. The molecule has 1 nitrogen and oxygen atoms in total. The van der Waals surface area contributed by atoms with E-state index >= 15 is 0 Å². The standard InChI is InChI=1S/C10H9N.Lr/c1-11-7-6-9-4-2-3-5-10(9)8-11;/h2-8H,1H2;. The molecule has 0 fully saturated rings.